The predicted octanol–water partition coefficient (Wildman–Crippen LogP) is 1.97. The first-order valence-electron chi connectivity index (χ1n) is 6.50. The van der Waals surface area contributed by atoms with Crippen LogP contribution in [0.1, 0.15) is 24.2 Å². The van der Waals surface area contributed by atoms with Crippen molar-refractivity contribution in [3.05, 3.63) is 45.6 Å². The quantitative estimate of drug-likeness (QED) is 0.614. The first-order chi connectivity index (χ1) is 10.1. The lowest BCUT2D eigenvalue weighted by molar-refractivity contribution is -0.386. The van der Waals surface area contributed by atoms with Crippen molar-refractivity contribution in [2.75, 3.05) is 6.54 Å². The molecule has 8 heteroatoms. The zero-order chi connectivity index (χ0) is 15.2. The minimum Gasteiger partial charge on any atom is -0.478 e. The van der Waals surface area contributed by atoms with E-state index in [0.717, 1.165) is 12.1 Å². The van der Waals surface area contributed by atoms with Gasteiger partial charge in [0.15, 0.2) is 12.4 Å². The summed E-state index contributed by atoms with van der Waals surface area (Å²) in [5.74, 6) is 0.959. The molecule has 21 heavy (non-hydrogen) atoms. The fourth-order valence-electron chi connectivity index (χ4n) is 1.75. The van der Waals surface area contributed by atoms with Crippen LogP contribution in [-0.2, 0) is 13.2 Å². The van der Waals surface area contributed by atoms with Crippen molar-refractivity contribution in [3.8, 4) is 5.75 Å². The SMILES string of the molecule is CCNCc1ccc([N+](=O)[O-])c(OCc2noc(C)n2)c1. The van der Waals surface area contributed by atoms with Crippen LogP contribution in [0.25, 0.3) is 0 Å². The summed E-state index contributed by atoms with van der Waals surface area (Å²) >= 11 is 0. The zero-order valence-corrected chi connectivity index (χ0v) is 11.8. The third-order valence-corrected chi connectivity index (χ3v) is 2.73. The molecule has 0 saturated carbocycles. The number of nitro groups is 1. The van der Waals surface area contributed by atoms with Gasteiger partial charge >= 0.3 is 5.69 Å². The second kappa shape index (κ2) is 6.80. The molecule has 0 aliphatic rings. The molecule has 8 nitrogen and oxygen atoms in total. The number of aryl methyl sites for hydroxylation is 1. The zero-order valence-electron chi connectivity index (χ0n) is 11.8. The van der Waals surface area contributed by atoms with Crippen LogP contribution in [0, 0.1) is 17.0 Å². The van der Waals surface area contributed by atoms with Crippen LogP contribution in [0.5, 0.6) is 5.75 Å². The molecule has 2 rings (SSSR count). The number of hydrogen-bond acceptors (Lipinski definition) is 7. The lowest BCUT2D eigenvalue weighted by atomic mass is 10.2. The van der Waals surface area contributed by atoms with Gasteiger partial charge in [0.2, 0.25) is 11.7 Å². The maximum Gasteiger partial charge on any atom is 0.310 e. The van der Waals surface area contributed by atoms with Crippen molar-refractivity contribution >= 4 is 5.69 Å². The standard InChI is InChI=1S/C13H16N4O4/c1-3-14-7-10-4-5-11(17(18)19)12(6-10)20-8-13-15-9(2)21-16-13/h4-6,14H,3,7-8H2,1-2H3. The lowest BCUT2D eigenvalue weighted by Crippen LogP contribution is -2.12. The Balaban J connectivity index is 2.15. The summed E-state index contributed by atoms with van der Waals surface area (Å²) in [6.07, 6.45) is 0. The van der Waals surface area contributed by atoms with Gasteiger partial charge in [-0.1, -0.05) is 18.1 Å². The van der Waals surface area contributed by atoms with Gasteiger partial charge in [0.05, 0.1) is 4.92 Å². The van der Waals surface area contributed by atoms with E-state index < -0.39 is 4.92 Å². The Bertz CT molecular complexity index is 626. The molecule has 0 saturated heterocycles. The number of nitro benzene ring substituents is 1. The fraction of sp³-hybridized carbons (Fsp3) is 0.385. The molecule has 1 aromatic heterocycles. The molecular weight excluding hydrogens is 276 g/mol. The minimum atomic E-state index is -0.478. The van der Waals surface area contributed by atoms with Crippen molar-refractivity contribution in [3.63, 3.8) is 0 Å². The Morgan fingerprint density at radius 3 is 2.90 bits per heavy atom. The van der Waals surface area contributed by atoms with Crippen LogP contribution in [0.4, 0.5) is 5.69 Å². The van der Waals surface area contributed by atoms with E-state index >= 15 is 0 Å². The Kier molecular flexibility index (Phi) is 4.83. The predicted molar refractivity (Wildman–Crippen MR) is 73.8 cm³/mol. The van der Waals surface area contributed by atoms with Gasteiger partial charge in [0.1, 0.15) is 0 Å². The molecule has 1 heterocycles. The number of aromatic nitrogens is 2. The van der Waals surface area contributed by atoms with Crippen molar-refractivity contribution in [2.45, 2.75) is 27.0 Å². The summed E-state index contributed by atoms with van der Waals surface area (Å²) in [7, 11) is 0. The molecular formula is C13H16N4O4. The second-order valence-electron chi connectivity index (χ2n) is 4.36. The smallest absolute Gasteiger partial charge is 0.310 e. The van der Waals surface area contributed by atoms with E-state index in [-0.39, 0.29) is 18.0 Å². The van der Waals surface area contributed by atoms with Crippen molar-refractivity contribution in [2.24, 2.45) is 0 Å². The summed E-state index contributed by atoms with van der Waals surface area (Å²) in [6, 6.07) is 4.78. The number of nitrogens with zero attached hydrogens (tertiary/aromatic N) is 3. The molecule has 1 N–H and O–H groups in total. The van der Waals surface area contributed by atoms with Crippen LogP contribution in [-0.4, -0.2) is 21.6 Å². The van der Waals surface area contributed by atoms with Gasteiger partial charge in [0, 0.05) is 19.5 Å². The van der Waals surface area contributed by atoms with Crippen LogP contribution in [0.2, 0.25) is 0 Å². The van der Waals surface area contributed by atoms with E-state index in [9.17, 15) is 10.1 Å². The fourth-order valence-corrected chi connectivity index (χ4v) is 1.75. The molecule has 2 aromatic rings. The molecule has 0 spiro atoms. The van der Waals surface area contributed by atoms with Crippen LogP contribution >= 0.6 is 0 Å². The molecule has 0 radical (unpaired) electrons. The highest BCUT2D eigenvalue weighted by Gasteiger charge is 2.16. The highest BCUT2D eigenvalue weighted by Crippen LogP contribution is 2.28. The Morgan fingerprint density at radius 2 is 2.29 bits per heavy atom. The van der Waals surface area contributed by atoms with E-state index in [2.05, 4.69) is 15.5 Å². The molecule has 0 fully saturated rings. The number of benzene rings is 1. The van der Waals surface area contributed by atoms with Crippen molar-refractivity contribution < 1.29 is 14.2 Å². The summed E-state index contributed by atoms with van der Waals surface area (Å²) in [5, 5.41) is 17.9. The minimum absolute atomic E-state index is 0.0167. The van der Waals surface area contributed by atoms with Gasteiger partial charge in [-0.05, 0) is 18.2 Å². The van der Waals surface area contributed by atoms with Crippen molar-refractivity contribution in [1.29, 1.82) is 0 Å². The van der Waals surface area contributed by atoms with Crippen molar-refractivity contribution in [1.82, 2.24) is 15.5 Å². The van der Waals surface area contributed by atoms with Crippen LogP contribution in [0.15, 0.2) is 22.7 Å². The monoisotopic (exact) mass is 292 g/mol. The Labute approximate surface area is 121 Å². The van der Waals surface area contributed by atoms with Gasteiger partial charge < -0.3 is 14.6 Å². The third kappa shape index (κ3) is 3.99. The average molecular weight is 292 g/mol. The Hall–Kier alpha value is -2.48. The summed E-state index contributed by atoms with van der Waals surface area (Å²) in [6.45, 7) is 5.10. The summed E-state index contributed by atoms with van der Waals surface area (Å²) < 4.78 is 10.3. The maximum atomic E-state index is 11.0. The molecule has 112 valence electrons. The third-order valence-electron chi connectivity index (χ3n) is 2.73. The molecule has 1 aromatic carbocycles. The molecule has 0 atom stereocenters. The molecule has 0 unspecified atom stereocenters. The van der Waals surface area contributed by atoms with E-state index in [0.29, 0.717) is 18.3 Å². The first-order valence-corrected chi connectivity index (χ1v) is 6.50. The molecule has 0 bridgehead atoms. The first kappa shape index (κ1) is 14.9. The van der Waals surface area contributed by atoms with Gasteiger partial charge in [-0.15, -0.1) is 0 Å². The topological polar surface area (TPSA) is 103 Å². The number of nitrogens with one attached hydrogen (secondary N) is 1. The van der Waals surface area contributed by atoms with Gasteiger partial charge in [-0.2, -0.15) is 4.98 Å². The van der Waals surface area contributed by atoms with E-state index in [1.807, 2.05) is 6.92 Å². The summed E-state index contributed by atoms with van der Waals surface area (Å²) in [5.41, 5.74) is 0.817. The highest BCUT2D eigenvalue weighted by atomic mass is 16.6. The number of hydrogen-bond donors (Lipinski definition) is 1. The largest absolute Gasteiger partial charge is 0.478 e. The molecule has 0 aliphatic heterocycles. The highest BCUT2D eigenvalue weighted by molar-refractivity contribution is 5.48. The van der Waals surface area contributed by atoms with Gasteiger partial charge in [-0.3, -0.25) is 10.1 Å². The second-order valence-corrected chi connectivity index (χ2v) is 4.36. The van der Waals surface area contributed by atoms with E-state index in [4.69, 9.17) is 9.26 Å². The molecule has 0 amide bonds. The van der Waals surface area contributed by atoms with Crippen LogP contribution < -0.4 is 10.1 Å². The molecule has 0 aliphatic carbocycles. The summed E-state index contributed by atoms with van der Waals surface area (Å²) in [4.78, 5) is 14.5. The van der Waals surface area contributed by atoms with E-state index in [1.165, 1.54) is 6.07 Å². The lowest BCUT2D eigenvalue weighted by Gasteiger charge is -2.07. The maximum absolute atomic E-state index is 11.0. The number of ether oxygens (including phenoxy) is 1. The van der Waals surface area contributed by atoms with E-state index in [1.54, 1.807) is 19.1 Å². The van der Waals surface area contributed by atoms with Gasteiger partial charge in [0.25, 0.3) is 0 Å². The Morgan fingerprint density at radius 1 is 1.48 bits per heavy atom. The average Bonchev–Trinajstić information content (AvgIpc) is 2.88. The van der Waals surface area contributed by atoms with Crippen LogP contribution in [0.3, 0.4) is 0 Å². The van der Waals surface area contributed by atoms with Gasteiger partial charge in [-0.25, -0.2) is 0 Å². The normalized spacial score (nSPS) is 10.6. The number of rotatable bonds is 7.